The fourth-order valence-electron chi connectivity index (χ4n) is 6.72. The second kappa shape index (κ2) is 5.60. The summed E-state index contributed by atoms with van der Waals surface area (Å²) in [5.74, 6) is 2.76. The van der Waals surface area contributed by atoms with Gasteiger partial charge in [-0.25, -0.2) is 0 Å². The van der Waals surface area contributed by atoms with E-state index in [1.165, 1.54) is 26.2 Å². The number of nitrogens with two attached hydrogens (primary N) is 1. The van der Waals surface area contributed by atoms with E-state index in [-0.39, 0.29) is 22.9 Å². The molecule has 0 radical (unpaired) electrons. The van der Waals surface area contributed by atoms with Crippen LogP contribution < -0.4 is 5.73 Å². The summed E-state index contributed by atoms with van der Waals surface area (Å²) >= 11 is 0. The van der Waals surface area contributed by atoms with Crippen molar-refractivity contribution >= 4 is 5.97 Å². The Balaban J connectivity index is 1.64. The third kappa shape index (κ3) is 2.40. The van der Waals surface area contributed by atoms with Crippen LogP contribution in [-0.4, -0.2) is 17.2 Å². The Morgan fingerprint density at radius 2 is 2.04 bits per heavy atom. The molecule has 3 N–H and O–H groups in total. The number of ether oxygens (including phenoxy) is 1. The third-order valence-electron chi connectivity index (χ3n) is 8.15. The van der Waals surface area contributed by atoms with Crippen LogP contribution >= 0.6 is 0 Å². The van der Waals surface area contributed by atoms with E-state index in [0.717, 1.165) is 30.7 Å². The highest BCUT2D eigenvalue weighted by Gasteiger charge is 2.59. The van der Waals surface area contributed by atoms with Crippen molar-refractivity contribution in [3.05, 3.63) is 23.6 Å². The molecule has 138 valence electrons. The molecule has 0 aliphatic heterocycles. The standard InChI is InChI=1S/C21H31NO3/c1-12(23)25-18-11-17-15-5-4-13-10-14(24)6-8-20(13,2)16(15)7-9-21(17,3)19(18)22/h6,8,13-17,24H,4-5,7,9-11,22H2,1-3H3/t13-,14+,15-,16+,17+,20+,21+/m1/s1. The molecule has 7 atom stereocenters. The molecule has 0 aromatic rings. The third-order valence-corrected chi connectivity index (χ3v) is 8.15. The van der Waals surface area contributed by atoms with Crippen LogP contribution in [0.3, 0.4) is 0 Å². The van der Waals surface area contributed by atoms with E-state index >= 15 is 0 Å². The zero-order valence-electron chi connectivity index (χ0n) is 15.6. The molecule has 4 aliphatic carbocycles. The summed E-state index contributed by atoms with van der Waals surface area (Å²) in [5.41, 5.74) is 7.44. The van der Waals surface area contributed by atoms with Gasteiger partial charge in [-0.05, 0) is 61.2 Å². The number of esters is 1. The van der Waals surface area contributed by atoms with Crippen LogP contribution in [0.4, 0.5) is 0 Å². The number of aliphatic hydroxyl groups excluding tert-OH is 1. The number of aliphatic hydroxyl groups is 1. The fraction of sp³-hybridized carbons (Fsp3) is 0.762. The molecule has 2 saturated carbocycles. The van der Waals surface area contributed by atoms with Crippen molar-refractivity contribution < 1.29 is 14.6 Å². The minimum Gasteiger partial charge on any atom is -0.429 e. The first-order valence-corrected chi connectivity index (χ1v) is 9.80. The number of carbonyl (C=O) groups is 1. The summed E-state index contributed by atoms with van der Waals surface area (Å²) in [6.45, 7) is 6.13. The molecule has 0 amide bonds. The van der Waals surface area contributed by atoms with E-state index in [1.54, 1.807) is 0 Å². The van der Waals surface area contributed by atoms with Gasteiger partial charge in [-0.1, -0.05) is 26.0 Å². The minimum absolute atomic E-state index is 0.0347. The Kier molecular flexibility index (Phi) is 3.84. The largest absolute Gasteiger partial charge is 0.429 e. The van der Waals surface area contributed by atoms with Crippen molar-refractivity contribution in [3.8, 4) is 0 Å². The summed E-state index contributed by atoms with van der Waals surface area (Å²) in [5, 5.41) is 10.0. The van der Waals surface area contributed by atoms with Crippen LogP contribution in [-0.2, 0) is 9.53 Å². The first-order chi connectivity index (χ1) is 11.8. The second-order valence-corrected chi connectivity index (χ2v) is 9.27. The zero-order chi connectivity index (χ0) is 18.0. The molecule has 0 bridgehead atoms. The lowest BCUT2D eigenvalue weighted by Crippen LogP contribution is -2.52. The molecule has 4 aliphatic rings. The van der Waals surface area contributed by atoms with Crippen LogP contribution in [0.25, 0.3) is 0 Å². The molecule has 0 unspecified atom stereocenters. The molecule has 0 aromatic carbocycles. The monoisotopic (exact) mass is 345 g/mol. The van der Waals surface area contributed by atoms with Gasteiger partial charge in [0.1, 0.15) is 5.76 Å². The van der Waals surface area contributed by atoms with Gasteiger partial charge in [-0.2, -0.15) is 0 Å². The lowest BCUT2D eigenvalue weighted by Gasteiger charge is -2.58. The van der Waals surface area contributed by atoms with Crippen LogP contribution in [0, 0.1) is 34.5 Å². The molecule has 0 spiro atoms. The topological polar surface area (TPSA) is 72.5 Å². The van der Waals surface area contributed by atoms with Gasteiger partial charge >= 0.3 is 5.97 Å². The van der Waals surface area contributed by atoms with Crippen molar-refractivity contribution in [2.24, 2.45) is 40.2 Å². The van der Waals surface area contributed by atoms with Gasteiger partial charge in [0.05, 0.1) is 11.8 Å². The highest BCUT2D eigenvalue weighted by atomic mass is 16.5. The van der Waals surface area contributed by atoms with Crippen molar-refractivity contribution in [1.29, 1.82) is 0 Å². The van der Waals surface area contributed by atoms with Crippen molar-refractivity contribution in [1.82, 2.24) is 0 Å². The number of rotatable bonds is 1. The number of hydrogen-bond acceptors (Lipinski definition) is 4. The summed E-state index contributed by atoms with van der Waals surface area (Å²) in [4.78, 5) is 11.5. The fourth-order valence-corrected chi connectivity index (χ4v) is 6.72. The van der Waals surface area contributed by atoms with E-state index in [2.05, 4.69) is 19.9 Å². The van der Waals surface area contributed by atoms with Gasteiger partial charge in [0, 0.05) is 18.8 Å². The highest BCUT2D eigenvalue weighted by Crippen LogP contribution is 2.65. The Morgan fingerprint density at radius 3 is 2.76 bits per heavy atom. The normalized spacial score (nSPS) is 48.6. The van der Waals surface area contributed by atoms with E-state index in [1.807, 2.05) is 6.08 Å². The van der Waals surface area contributed by atoms with E-state index in [9.17, 15) is 9.90 Å². The first kappa shape index (κ1) is 17.1. The summed E-state index contributed by atoms with van der Waals surface area (Å²) in [7, 11) is 0. The molecule has 4 heteroatoms. The van der Waals surface area contributed by atoms with Gasteiger partial charge in [0.15, 0.2) is 0 Å². The van der Waals surface area contributed by atoms with Gasteiger partial charge in [-0.15, -0.1) is 0 Å². The Morgan fingerprint density at radius 1 is 1.28 bits per heavy atom. The van der Waals surface area contributed by atoms with Gasteiger partial charge in [0.25, 0.3) is 0 Å². The lowest BCUT2D eigenvalue weighted by atomic mass is 9.46. The van der Waals surface area contributed by atoms with E-state index in [4.69, 9.17) is 10.5 Å². The molecule has 4 nitrogen and oxygen atoms in total. The predicted molar refractivity (Wildman–Crippen MR) is 96.0 cm³/mol. The summed E-state index contributed by atoms with van der Waals surface area (Å²) < 4.78 is 5.47. The number of carbonyl (C=O) groups excluding carboxylic acids is 1. The van der Waals surface area contributed by atoms with Crippen LogP contribution in [0.1, 0.15) is 59.3 Å². The molecule has 4 rings (SSSR count). The Hall–Kier alpha value is -1.29. The predicted octanol–water partition coefficient (Wildman–Crippen LogP) is 3.51. The molecule has 25 heavy (non-hydrogen) atoms. The van der Waals surface area contributed by atoms with Gasteiger partial charge in [0.2, 0.25) is 0 Å². The van der Waals surface area contributed by atoms with Crippen LogP contribution in [0.15, 0.2) is 23.6 Å². The number of allylic oxidation sites excluding steroid dienone is 3. The summed E-state index contributed by atoms with van der Waals surface area (Å²) in [6.07, 6.45) is 10.4. The first-order valence-electron chi connectivity index (χ1n) is 9.80. The average molecular weight is 345 g/mol. The maximum Gasteiger partial charge on any atom is 0.307 e. The van der Waals surface area contributed by atoms with Crippen molar-refractivity contribution in [2.75, 3.05) is 0 Å². The zero-order valence-corrected chi connectivity index (χ0v) is 15.6. The molecule has 0 saturated heterocycles. The second-order valence-electron chi connectivity index (χ2n) is 9.27. The SMILES string of the molecule is CC(=O)OC1=C(N)[C@@]2(C)CC[C@H]3[C@@H](CC[C@@H]4C[C@@H](O)C=C[C@@]43C)[C@@H]2C1. The smallest absolute Gasteiger partial charge is 0.307 e. The lowest BCUT2D eigenvalue weighted by molar-refractivity contribution is -0.137. The Labute approximate surface area is 150 Å². The maximum absolute atomic E-state index is 11.5. The van der Waals surface area contributed by atoms with Crippen molar-refractivity contribution in [2.45, 2.75) is 65.4 Å². The Bertz CT molecular complexity index is 654. The van der Waals surface area contributed by atoms with Crippen molar-refractivity contribution in [3.63, 3.8) is 0 Å². The molecule has 2 fully saturated rings. The molecule has 0 heterocycles. The maximum atomic E-state index is 11.5. The quantitative estimate of drug-likeness (QED) is 0.563. The van der Waals surface area contributed by atoms with E-state index in [0.29, 0.717) is 23.7 Å². The highest BCUT2D eigenvalue weighted by molar-refractivity contribution is 5.67. The van der Waals surface area contributed by atoms with Crippen LogP contribution in [0.2, 0.25) is 0 Å². The molecular formula is C21H31NO3. The average Bonchev–Trinajstić information content (AvgIpc) is 2.79. The molecular weight excluding hydrogens is 314 g/mol. The molecule has 0 aromatic heterocycles. The van der Waals surface area contributed by atoms with Gasteiger partial charge < -0.3 is 15.6 Å². The number of hydrogen-bond donors (Lipinski definition) is 2. The minimum atomic E-state index is -0.275. The number of fused-ring (bicyclic) bond motifs is 5. The van der Waals surface area contributed by atoms with E-state index < -0.39 is 0 Å². The summed E-state index contributed by atoms with van der Waals surface area (Å²) in [6, 6.07) is 0. The van der Waals surface area contributed by atoms with Crippen LogP contribution in [0.5, 0.6) is 0 Å². The van der Waals surface area contributed by atoms with Gasteiger partial charge in [-0.3, -0.25) is 4.79 Å².